The van der Waals surface area contributed by atoms with Crippen molar-refractivity contribution in [3.05, 3.63) is 24.3 Å². The van der Waals surface area contributed by atoms with Gasteiger partial charge in [0.25, 0.3) is 0 Å². The van der Waals surface area contributed by atoms with Gasteiger partial charge in [-0.05, 0) is 39.0 Å². The molecule has 2 N–H and O–H groups in total. The third-order valence-corrected chi connectivity index (χ3v) is 4.33. The van der Waals surface area contributed by atoms with Crippen LogP contribution in [0.15, 0.2) is 24.3 Å². The summed E-state index contributed by atoms with van der Waals surface area (Å²) in [6.07, 6.45) is -1.44. The number of benzene rings is 1. The van der Waals surface area contributed by atoms with E-state index in [1.807, 2.05) is 11.0 Å². The van der Waals surface area contributed by atoms with Crippen molar-refractivity contribution in [2.24, 2.45) is 0 Å². The minimum atomic E-state index is -1.28. The molecule has 0 saturated heterocycles. The molecule has 1 aromatic rings. The molecule has 0 spiro atoms. The van der Waals surface area contributed by atoms with Crippen molar-refractivity contribution in [2.45, 2.75) is 38.8 Å². The van der Waals surface area contributed by atoms with Crippen LogP contribution in [0.25, 0.3) is 0 Å². The van der Waals surface area contributed by atoms with Crippen molar-refractivity contribution in [2.75, 3.05) is 41.7 Å². The van der Waals surface area contributed by atoms with E-state index in [0.29, 0.717) is 30.5 Å². The zero-order chi connectivity index (χ0) is 22.9. The maximum atomic E-state index is 12.9. The van der Waals surface area contributed by atoms with Gasteiger partial charge in [0.1, 0.15) is 11.6 Å². The first-order chi connectivity index (χ1) is 14.0. The normalized spacial score (nSPS) is 12.1. The number of anilines is 2. The number of rotatable bonds is 10. The minimum absolute atomic E-state index is 0.413. The largest absolute Gasteiger partial charge is 0.481 e. The highest BCUT2D eigenvalue weighted by Gasteiger charge is 2.29. The number of alkyl carbamates (subject to hydrolysis) is 1. The molecule has 30 heavy (non-hydrogen) atoms. The Morgan fingerprint density at radius 2 is 1.70 bits per heavy atom. The Morgan fingerprint density at radius 3 is 2.20 bits per heavy atom. The standard InChI is InChI=1S/C20H29Cl2N3O5/c1-20(2,3)30-19(29)23-16(13-17(26)27)18(28)24(4)14-6-5-7-15(12-14)25(10-8-21)11-9-22/h5-7,12,16H,8-11,13H2,1-4H3,(H,23,29)(H,26,27)/t16-/m1/s1. The molecular formula is C20H29Cl2N3O5. The summed E-state index contributed by atoms with van der Waals surface area (Å²) >= 11 is 11.7. The third kappa shape index (κ3) is 8.67. The van der Waals surface area contributed by atoms with Crippen LogP contribution in [0.5, 0.6) is 0 Å². The number of likely N-dealkylation sites (N-methyl/N-ethyl adjacent to an activating group) is 1. The van der Waals surface area contributed by atoms with Gasteiger partial charge in [-0.3, -0.25) is 9.59 Å². The summed E-state index contributed by atoms with van der Waals surface area (Å²) in [7, 11) is 1.51. The van der Waals surface area contributed by atoms with Crippen LogP contribution in [-0.2, 0) is 14.3 Å². The number of ether oxygens (including phenoxy) is 1. The van der Waals surface area contributed by atoms with Gasteiger partial charge in [-0.25, -0.2) is 4.79 Å². The number of hydrogen-bond acceptors (Lipinski definition) is 5. The Hall–Kier alpha value is -2.19. The molecule has 0 heterocycles. The minimum Gasteiger partial charge on any atom is -0.481 e. The van der Waals surface area contributed by atoms with Crippen LogP contribution >= 0.6 is 23.2 Å². The Balaban J connectivity index is 3.05. The van der Waals surface area contributed by atoms with E-state index in [1.165, 1.54) is 11.9 Å². The number of alkyl halides is 2. The van der Waals surface area contributed by atoms with Gasteiger partial charge in [-0.1, -0.05) is 6.07 Å². The van der Waals surface area contributed by atoms with E-state index in [2.05, 4.69) is 5.32 Å². The lowest BCUT2D eigenvalue weighted by Crippen LogP contribution is -2.49. The smallest absolute Gasteiger partial charge is 0.408 e. The average Bonchev–Trinajstić information content (AvgIpc) is 2.64. The van der Waals surface area contributed by atoms with Gasteiger partial charge in [-0.15, -0.1) is 23.2 Å². The number of carboxylic acids is 1. The van der Waals surface area contributed by atoms with Crippen molar-refractivity contribution in [1.82, 2.24) is 5.32 Å². The molecular weight excluding hydrogens is 433 g/mol. The van der Waals surface area contributed by atoms with Crippen molar-refractivity contribution >= 4 is 52.5 Å². The number of nitrogens with zero attached hydrogens (tertiary/aromatic N) is 2. The third-order valence-electron chi connectivity index (χ3n) is 3.99. The van der Waals surface area contributed by atoms with Crippen LogP contribution in [0.1, 0.15) is 27.2 Å². The summed E-state index contributed by atoms with van der Waals surface area (Å²) in [5, 5.41) is 11.5. The molecule has 8 nitrogen and oxygen atoms in total. The second-order valence-electron chi connectivity index (χ2n) is 7.58. The fourth-order valence-corrected chi connectivity index (χ4v) is 3.07. The average molecular weight is 462 g/mol. The van der Waals surface area contributed by atoms with Crippen molar-refractivity contribution in [1.29, 1.82) is 0 Å². The lowest BCUT2D eigenvalue weighted by atomic mass is 10.1. The van der Waals surface area contributed by atoms with E-state index in [4.69, 9.17) is 27.9 Å². The van der Waals surface area contributed by atoms with E-state index in [0.717, 1.165) is 5.69 Å². The molecule has 0 aromatic heterocycles. The molecule has 168 valence electrons. The number of nitrogens with one attached hydrogen (secondary N) is 1. The summed E-state index contributed by atoms with van der Waals surface area (Å²) in [6.45, 7) is 6.18. The molecule has 0 aliphatic carbocycles. The topological polar surface area (TPSA) is 99.2 Å². The van der Waals surface area contributed by atoms with Gasteiger partial charge in [0, 0.05) is 43.3 Å². The molecule has 0 radical (unpaired) electrons. The zero-order valence-electron chi connectivity index (χ0n) is 17.7. The quantitative estimate of drug-likeness (QED) is 0.518. The highest BCUT2D eigenvalue weighted by atomic mass is 35.5. The van der Waals surface area contributed by atoms with Crippen molar-refractivity contribution in [3.63, 3.8) is 0 Å². The number of hydrogen-bond donors (Lipinski definition) is 2. The summed E-state index contributed by atoms with van der Waals surface area (Å²) in [4.78, 5) is 39.5. The van der Waals surface area contributed by atoms with E-state index in [9.17, 15) is 19.5 Å². The predicted molar refractivity (Wildman–Crippen MR) is 119 cm³/mol. The summed E-state index contributed by atoms with van der Waals surface area (Å²) < 4.78 is 5.14. The molecule has 10 heteroatoms. The van der Waals surface area contributed by atoms with E-state index >= 15 is 0 Å². The molecule has 0 saturated carbocycles. The number of carbonyl (C=O) groups excluding carboxylic acids is 2. The number of carbonyl (C=O) groups is 3. The lowest BCUT2D eigenvalue weighted by molar-refractivity contribution is -0.139. The monoisotopic (exact) mass is 461 g/mol. The number of halogens is 2. The van der Waals surface area contributed by atoms with Crippen molar-refractivity contribution < 1.29 is 24.2 Å². The fourth-order valence-electron chi connectivity index (χ4n) is 2.66. The number of aliphatic carboxylic acids is 1. The van der Waals surface area contributed by atoms with Crippen LogP contribution in [0.3, 0.4) is 0 Å². The summed E-state index contributed by atoms with van der Waals surface area (Å²) in [6, 6.07) is 5.86. The molecule has 1 aromatic carbocycles. The predicted octanol–water partition coefficient (Wildman–Crippen LogP) is 3.30. The molecule has 2 amide bonds. The summed E-state index contributed by atoms with van der Waals surface area (Å²) in [5.74, 6) is -0.976. The molecule has 1 rings (SSSR count). The van der Waals surface area contributed by atoms with Crippen molar-refractivity contribution in [3.8, 4) is 0 Å². The van der Waals surface area contributed by atoms with Crippen LogP contribution in [0, 0.1) is 0 Å². The molecule has 0 unspecified atom stereocenters. The van der Waals surface area contributed by atoms with Crippen LogP contribution in [0.4, 0.5) is 16.2 Å². The fraction of sp³-hybridized carbons (Fsp3) is 0.550. The highest BCUT2D eigenvalue weighted by Crippen LogP contribution is 2.23. The van der Waals surface area contributed by atoms with Gasteiger partial charge in [0.15, 0.2) is 0 Å². The van der Waals surface area contributed by atoms with Gasteiger partial charge < -0.3 is 25.0 Å². The second kappa shape index (κ2) is 11.9. The van der Waals surface area contributed by atoms with Gasteiger partial charge in [0.05, 0.1) is 6.42 Å². The molecule has 0 fully saturated rings. The van der Waals surface area contributed by atoms with E-state index in [1.54, 1.807) is 39.0 Å². The number of carboxylic acid groups (broad SMARTS) is 1. The van der Waals surface area contributed by atoms with Crippen LogP contribution in [0.2, 0.25) is 0 Å². The van der Waals surface area contributed by atoms with Gasteiger partial charge in [0.2, 0.25) is 5.91 Å². The summed E-state index contributed by atoms with van der Waals surface area (Å²) in [5.41, 5.74) is 0.575. The maximum absolute atomic E-state index is 12.9. The van der Waals surface area contributed by atoms with Crippen LogP contribution < -0.4 is 15.1 Å². The molecule has 0 aliphatic rings. The highest BCUT2D eigenvalue weighted by molar-refractivity contribution is 6.18. The number of amides is 2. The Labute approximate surface area is 187 Å². The first-order valence-corrected chi connectivity index (χ1v) is 10.5. The SMILES string of the molecule is CN(C(=O)[C@@H](CC(=O)O)NC(=O)OC(C)(C)C)c1cccc(N(CCCl)CCCl)c1. The Morgan fingerprint density at radius 1 is 1.13 bits per heavy atom. The van der Waals surface area contributed by atoms with E-state index < -0.39 is 36.0 Å². The Bertz CT molecular complexity index is 733. The molecule has 0 bridgehead atoms. The van der Waals surface area contributed by atoms with Gasteiger partial charge in [-0.2, -0.15) is 0 Å². The zero-order valence-corrected chi connectivity index (χ0v) is 19.2. The van der Waals surface area contributed by atoms with Crippen LogP contribution in [-0.4, -0.2) is 66.6 Å². The second-order valence-corrected chi connectivity index (χ2v) is 8.33. The van der Waals surface area contributed by atoms with E-state index in [-0.39, 0.29) is 0 Å². The van der Waals surface area contributed by atoms with Gasteiger partial charge >= 0.3 is 12.1 Å². The lowest BCUT2D eigenvalue weighted by Gasteiger charge is -2.27. The first-order valence-electron chi connectivity index (χ1n) is 9.44. The first kappa shape index (κ1) is 25.8. The maximum Gasteiger partial charge on any atom is 0.408 e. The Kier molecular flexibility index (Phi) is 10.2. The molecule has 1 atom stereocenters. The molecule has 0 aliphatic heterocycles.